The van der Waals surface area contributed by atoms with Crippen LogP contribution in [0.1, 0.15) is 31.7 Å². The predicted molar refractivity (Wildman–Crippen MR) is 95.7 cm³/mol. The van der Waals surface area contributed by atoms with E-state index in [1.54, 1.807) is 12.1 Å². The zero-order chi connectivity index (χ0) is 17.1. The molecule has 1 aromatic heterocycles. The molecule has 4 nitrogen and oxygen atoms in total. The van der Waals surface area contributed by atoms with Crippen LogP contribution in [0, 0.1) is 6.92 Å². The lowest BCUT2D eigenvalue weighted by Crippen LogP contribution is -2.07. The quantitative estimate of drug-likeness (QED) is 0.487. The Bertz CT molecular complexity index is 919. The standard InChI is InChI=1S/C19H18O4S/c1-3-4-5-17(20)22-14-10-15(13-8-6-12(2)7-9-13)18-16(11-14)24-19(21)23-18/h6-11H,3-5H2,1-2H3. The van der Waals surface area contributed by atoms with Crippen LogP contribution in [0.5, 0.6) is 5.75 Å². The maximum absolute atomic E-state index is 11.9. The van der Waals surface area contributed by atoms with Crippen molar-refractivity contribution in [2.45, 2.75) is 33.1 Å². The monoisotopic (exact) mass is 342 g/mol. The van der Waals surface area contributed by atoms with E-state index in [9.17, 15) is 9.59 Å². The van der Waals surface area contributed by atoms with Gasteiger partial charge in [-0.3, -0.25) is 4.79 Å². The lowest BCUT2D eigenvalue weighted by atomic mass is 10.0. The number of ether oxygens (including phenoxy) is 1. The van der Waals surface area contributed by atoms with E-state index < -0.39 is 0 Å². The Hall–Kier alpha value is -2.40. The molecule has 0 saturated heterocycles. The van der Waals surface area contributed by atoms with Crippen LogP contribution in [-0.2, 0) is 4.79 Å². The van der Waals surface area contributed by atoms with Gasteiger partial charge in [-0.2, -0.15) is 0 Å². The van der Waals surface area contributed by atoms with Crippen molar-refractivity contribution in [3.63, 3.8) is 0 Å². The summed E-state index contributed by atoms with van der Waals surface area (Å²) >= 11 is 1.01. The molecule has 1 heterocycles. The molecular weight excluding hydrogens is 324 g/mol. The highest BCUT2D eigenvalue weighted by molar-refractivity contribution is 7.16. The van der Waals surface area contributed by atoms with Gasteiger partial charge in [0.15, 0.2) is 5.58 Å². The smallest absolute Gasteiger partial charge is 0.396 e. The SMILES string of the molecule is CCCCC(=O)Oc1cc(-c2ccc(C)cc2)c2oc(=O)sc2c1. The summed E-state index contributed by atoms with van der Waals surface area (Å²) in [6, 6.07) is 11.4. The molecule has 0 saturated carbocycles. The van der Waals surface area contributed by atoms with Crippen molar-refractivity contribution >= 4 is 27.6 Å². The number of esters is 1. The second-order valence-electron chi connectivity index (χ2n) is 5.70. The number of aryl methyl sites for hydroxylation is 1. The first kappa shape index (κ1) is 16.5. The fourth-order valence-electron chi connectivity index (χ4n) is 2.46. The topological polar surface area (TPSA) is 56.5 Å². The van der Waals surface area contributed by atoms with Crippen molar-refractivity contribution in [3.8, 4) is 16.9 Å². The van der Waals surface area contributed by atoms with Gasteiger partial charge in [0.25, 0.3) is 0 Å². The van der Waals surface area contributed by atoms with Crippen LogP contribution in [0.25, 0.3) is 21.4 Å². The van der Waals surface area contributed by atoms with Crippen molar-refractivity contribution in [2.75, 3.05) is 0 Å². The van der Waals surface area contributed by atoms with Gasteiger partial charge in [0.1, 0.15) is 5.75 Å². The van der Waals surface area contributed by atoms with Crippen LogP contribution in [0.2, 0.25) is 0 Å². The molecule has 0 fully saturated rings. The number of benzene rings is 2. The van der Waals surface area contributed by atoms with Gasteiger partial charge < -0.3 is 9.15 Å². The summed E-state index contributed by atoms with van der Waals surface area (Å²) in [6.45, 7) is 4.04. The van der Waals surface area contributed by atoms with Gasteiger partial charge in [0, 0.05) is 18.1 Å². The maximum atomic E-state index is 11.9. The molecule has 3 rings (SSSR count). The fraction of sp³-hybridized carbons (Fsp3) is 0.263. The van der Waals surface area contributed by atoms with E-state index in [-0.39, 0.29) is 10.9 Å². The number of hydrogen-bond acceptors (Lipinski definition) is 5. The van der Waals surface area contributed by atoms with Gasteiger partial charge in [-0.15, -0.1) is 0 Å². The van der Waals surface area contributed by atoms with Crippen LogP contribution >= 0.6 is 11.3 Å². The van der Waals surface area contributed by atoms with E-state index >= 15 is 0 Å². The highest BCUT2D eigenvalue weighted by Crippen LogP contribution is 2.34. The molecule has 0 aliphatic carbocycles. The Morgan fingerprint density at radius 2 is 1.96 bits per heavy atom. The molecule has 2 aromatic carbocycles. The highest BCUT2D eigenvalue weighted by Gasteiger charge is 2.14. The van der Waals surface area contributed by atoms with E-state index in [0.29, 0.717) is 22.5 Å². The summed E-state index contributed by atoms with van der Waals surface area (Å²) in [5.41, 5.74) is 3.34. The normalized spacial score (nSPS) is 10.9. The second kappa shape index (κ2) is 7.01. The Kier molecular flexibility index (Phi) is 4.81. The summed E-state index contributed by atoms with van der Waals surface area (Å²) in [4.78, 5) is 23.2. The molecule has 24 heavy (non-hydrogen) atoms. The average molecular weight is 342 g/mol. The van der Waals surface area contributed by atoms with E-state index in [1.807, 2.05) is 38.1 Å². The Labute approximate surface area is 143 Å². The van der Waals surface area contributed by atoms with E-state index in [2.05, 4.69) is 0 Å². The summed E-state index contributed by atoms with van der Waals surface area (Å²) in [6.07, 6.45) is 2.12. The van der Waals surface area contributed by atoms with Crippen molar-refractivity contribution in [3.05, 3.63) is 51.7 Å². The van der Waals surface area contributed by atoms with Gasteiger partial charge in [-0.05, 0) is 25.0 Å². The summed E-state index contributed by atoms with van der Waals surface area (Å²) < 4.78 is 11.5. The summed E-state index contributed by atoms with van der Waals surface area (Å²) in [7, 11) is 0. The third-order valence-corrected chi connectivity index (χ3v) is 4.51. The molecule has 0 N–H and O–H groups in total. The zero-order valence-electron chi connectivity index (χ0n) is 13.6. The number of hydrogen-bond donors (Lipinski definition) is 0. The van der Waals surface area contributed by atoms with Crippen LogP contribution < -0.4 is 9.68 Å². The van der Waals surface area contributed by atoms with Gasteiger partial charge in [0.2, 0.25) is 0 Å². The molecule has 124 valence electrons. The molecule has 0 amide bonds. The average Bonchev–Trinajstić information content (AvgIpc) is 2.93. The lowest BCUT2D eigenvalue weighted by molar-refractivity contribution is -0.134. The third kappa shape index (κ3) is 3.57. The van der Waals surface area contributed by atoms with Gasteiger partial charge in [-0.25, -0.2) is 4.79 Å². The zero-order valence-corrected chi connectivity index (χ0v) is 14.4. The van der Waals surface area contributed by atoms with Crippen LogP contribution in [0.3, 0.4) is 0 Å². The van der Waals surface area contributed by atoms with E-state index in [4.69, 9.17) is 9.15 Å². The molecule has 3 aromatic rings. The molecular formula is C19H18O4S. The number of fused-ring (bicyclic) bond motifs is 1. The lowest BCUT2D eigenvalue weighted by Gasteiger charge is -2.08. The molecule has 0 bridgehead atoms. The minimum absolute atomic E-state index is 0.262. The number of unbranched alkanes of at least 4 members (excludes halogenated alkanes) is 1. The van der Waals surface area contributed by atoms with Crippen LogP contribution in [-0.4, -0.2) is 5.97 Å². The fourth-order valence-corrected chi connectivity index (χ4v) is 3.19. The van der Waals surface area contributed by atoms with Crippen LogP contribution in [0.15, 0.2) is 45.6 Å². The summed E-state index contributed by atoms with van der Waals surface area (Å²) in [5, 5.41) is 0. The first-order valence-electron chi connectivity index (χ1n) is 7.92. The minimum Gasteiger partial charge on any atom is -0.426 e. The van der Waals surface area contributed by atoms with Crippen molar-refractivity contribution in [1.29, 1.82) is 0 Å². The van der Waals surface area contributed by atoms with Gasteiger partial charge in [-0.1, -0.05) is 54.5 Å². The van der Waals surface area contributed by atoms with E-state index in [1.165, 1.54) is 0 Å². The highest BCUT2D eigenvalue weighted by atomic mass is 32.1. The Morgan fingerprint density at radius 1 is 1.21 bits per heavy atom. The van der Waals surface area contributed by atoms with Crippen molar-refractivity contribution < 1.29 is 13.9 Å². The Morgan fingerprint density at radius 3 is 2.67 bits per heavy atom. The largest absolute Gasteiger partial charge is 0.426 e. The molecule has 0 aliphatic heterocycles. The molecule has 0 aliphatic rings. The number of rotatable bonds is 5. The first-order valence-corrected chi connectivity index (χ1v) is 8.74. The van der Waals surface area contributed by atoms with Crippen molar-refractivity contribution in [1.82, 2.24) is 0 Å². The first-order chi connectivity index (χ1) is 11.6. The number of carbonyl (C=O) groups excluding carboxylic acids is 1. The van der Waals surface area contributed by atoms with Gasteiger partial charge in [0.05, 0.1) is 4.70 Å². The molecule has 0 unspecified atom stereocenters. The van der Waals surface area contributed by atoms with Gasteiger partial charge >= 0.3 is 10.9 Å². The summed E-state index contributed by atoms with van der Waals surface area (Å²) in [5.74, 6) is 0.179. The van der Waals surface area contributed by atoms with E-state index in [0.717, 1.165) is 40.9 Å². The Balaban J connectivity index is 2.04. The number of carbonyl (C=O) groups is 1. The molecule has 0 radical (unpaired) electrons. The third-order valence-electron chi connectivity index (χ3n) is 3.74. The predicted octanol–water partition coefficient (Wildman–Crippen LogP) is 4.93. The minimum atomic E-state index is -0.368. The maximum Gasteiger partial charge on any atom is 0.396 e. The second-order valence-corrected chi connectivity index (χ2v) is 6.67. The van der Waals surface area contributed by atoms with Crippen LogP contribution in [0.4, 0.5) is 0 Å². The molecule has 5 heteroatoms. The van der Waals surface area contributed by atoms with Crippen molar-refractivity contribution in [2.24, 2.45) is 0 Å². The molecule has 0 atom stereocenters. The molecule has 0 spiro atoms.